The number of esters is 1. The summed E-state index contributed by atoms with van der Waals surface area (Å²) in [6.45, 7) is 5.87. The number of nitrogens with zero attached hydrogens (tertiary/aromatic N) is 1. The first-order valence-electron chi connectivity index (χ1n) is 8.16. The van der Waals surface area contributed by atoms with Crippen LogP contribution in [0.5, 0.6) is 0 Å². The molecule has 5 heteroatoms. The quantitative estimate of drug-likeness (QED) is 0.816. The number of amides is 1. The molecule has 1 aromatic rings. The highest BCUT2D eigenvalue weighted by atomic mass is 16.5. The van der Waals surface area contributed by atoms with E-state index in [9.17, 15) is 9.59 Å². The summed E-state index contributed by atoms with van der Waals surface area (Å²) < 4.78 is 4.56. The van der Waals surface area contributed by atoms with E-state index in [0.29, 0.717) is 19.1 Å². The Morgan fingerprint density at radius 2 is 2.09 bits per heavy atom. The summed E-state index contributed by atoms with van der Waals surface area (Å²) in [7, 11) is 1.35. The smallest absolute Gasteiger partial charge is 0.307 e. The number of likely N-dealkylation sites (tertiary alicyclic amines) is 1. The highest BCUT2D eigenvalue weighted by Crippen LogP contribution is 2.32. The maximum absolute atomic E-state index is 12.1. The third-order valence-electron chi connectivity index (χ3n) is 4.51. The molecule has 23 heavy (non-hydrogen) atoms. The molecule has 1 unspecified atom stereocenters. The van der Waals surface area contributed by atoms with Crippen LogP contribution in [0.4, 0.5) is 0 Å². The Bertz CT molecular complexity index is 571. The van der Waals surface area contributed by atoms with Gasteiger partial charge in [0.2, 0.25) is 5.91 Å². The topological polar surface area (TPSA) is 58.6 Å². The second-order valence-electron chi connectivity index (χ2n) is 6.15. The molecule has 1 saturated heterocycles. The minimum atomic E-state index is -0.306. The Morgan fingerprint density at radius 3 is 2.78 bits per heavy atom. The number of rotatable bonds is 6. The zero-order valence-corrected chi connectivity index (χ0v) is 14.2. The van der Waals surface area contributed by atoms with Crippen molar-refractivity contribution in [3.63, 3.8) is 0 Å². The monoisotopic (exact) mass is 318 g/mol. The summed E-state index contributed by atoms with van der Waals surface area (Å²) in [5.74, 6) is -0.343. The number of benzene rings is 1. The van der Waals surface area contributed by atoms with Gasteiger partial charge in [-0.25, -0.2) is 0 Å². The van der Waals surface area contributed by atoms with Crippen molar-refractivity contribution in [2.75, 3.05) is 26.7 Å². The van der Waals surface area contributed by atoms with E-state index in [-0.39, 0.29) is 18.3 Å². The summed E-state index contributed by atoms with van der Waals surface area (Å²) in [4.78, 5) is 25.3. The van der Waals surface area contributed by atoms with E-state index in [2.05, 4.69) is 47.0 Å². The summed E-state index contributed by atoms with van der Waals surface area (Å²) in [5, 5.41) is 2.79. The molecule has 1 aromatic carbocycles. The van der Waals surface area contributed by atoms with E-state index in [0.717, 1.165) is 19.4 Å². The van der Waals surface area contributed by atoms with Crippen molar-refractivity contribution >= 4 is 11.9 Å². The fraction of sp³-hybridized carbons (Fsp3) is 0.556. The first-order valence-corrected chi connectivity index (χ1v) is 8.16. The number of methoxy groups -OCH3 is 1. The van der Waals surface area contributed by atoms with Gasteiger partial charge in [-0.05, 0) is 49.9 Å². The largest absolute Gasteiger partial charge is 0.469 e. The van der Waals surface area contributed by atoms with Gasteiger partial charge in [0.15, 0.2) is 0 Å². The number of ether oxygens (including phenoxy) is 1. The first kappa shape index (κ1) is 17.5. The van der Waals surface area contributed by atoms with Crippen LogP contribution < -0.4 is 5.32 Å². The Morgan fingerprint density at radius 1 is 1.30 bits per heavy atom. The molecule has 0 saturated carbocycles. The standard InChI is InChI=1S/C18H26N2O3/c1-13-6-7-15(11-14(13)2)16-5-4-10-20(16)12-17(21)19-9-8-18(22)23-3/h6-7,11,16H,4-5,8-10,12H2,1-3H3,(H,19,21). The fourth-order valence-corrected chi connectivity index (χ4v) is 3.01. The molecule has 1 fully saturated rings. The van der Waals surface area contributed by atoms with Crippen LogP contribution in [0.3, 0.4) is 0 Å². The van der Waals surface area contributed by atoms with Crippen LogP contribution in [0, 0.1) is 13.8 Å². The molecular weight excluding hydrogens is 292 g/mol. The molecule has 1 N–H and O–H groups in total. The van der Waals surface area contributed by atoms with Crippen molar-refractivity contribution in [2.45, 2.75) is 39.2 Å². The van der Waals surface area contributed by atoms with Crippen LogP contribution in [-0.4, -0.2) is 43.5 Å². The van der Waals surface area contributed by atoms with Crippen molar-refractivity contribution in [1.82, 2.24) is 10.2 Å². The highest BCUT2D eigenvalue weighted by Gasteiger charge is 2.27. The van der Waals surface area contributed by atoms with Crippen molar-refractivity contribution < 1.29 is 14.3 Å². The van der Waals surface area contributed by atoms with Gasteiger partial charge in [0.1, 0.15) is 0 Å². The van der Waals surface area contributed by atoms with Gasteiger partial charge in [-0.3, -0.25) is 14.5 Å². The predicted molar refractivity (Wildman–Crippen MR) is 89.1 cm³/mol. The SMILES string of the molecule is COC(=O)CCNC(=O)CN1CCCC1c1ccc(C)c(C)c1. The second-order valence-corrected chi connectivity index (χ2v) is 6.15. The molecule has 1 heterocycles. The molecule has 1 aliphatic heterocycles. The number of hydrogen-bond donors (Lipinski definition) is 1. The maximum Gasteiger partial charge on any atom is 0.307 e. The predicted octanol–water partition coefficient (Wildman–Crippen LogP) is 2.12. The van der Waals surface area contributed by atoms with Crippen LogP contribution in [0.25, 0.3) is 0 Å². The van der Waals surface area contributed by atoms with E-state index in [1.165, 1.54) is 23.8 Å². The summed E-state index contributed by atoms with van der Waals surface area (Å²) in [5.41, 5.74) is 3.86. The van der Waals surface area contributed by atoms with E-state index >= 15 is 0 Å². The molecule has 126 valence electrons. The molecule has 0 aliphatic carbocycles. The highest BCUT2D eigenvalue weighted by molar-refractivity contribution is 5.79. The summed E-state index contributed by atoms with van der Waals surface area (Å²) >= 11 is 0. The van der Waals surface area contributed by atoms with Crippen molar-refractivity contribution in [2.24, 2.45) is 0 Å². The molecule has 5 nitrogen and oxygen atoms in total. The minimum absolute atomic E-state index is 0.0374. The van der Waals surface area contributed by atoms with Gasteiger partial charge in [-0.15, -0.1) is 0 Å². The summed E-state index contributed by atoms with van der Waals surface area (Å²) in [6, 6.07) is 6.85. The third-order valence-corrected chi connectivity index (χ3v) is 4.51. The molecule has 0 radical (unpaired) electrons. The van der Waals surface area contributed by atoms with Gasteiger partial charge in [0.05, 0.1) is 20.1 Å². The molecule has 0 aromatic heterocycles. The van der Waals surface area contributed by atoms with Gasteiger partial charge in [-0.1, -0.05) is 18.2 Å². The van der Waals surface area contributed by atoms with Gasteiger partial charge in [0.25, 0.3) is 0 Å². The average Bonchev–Trinajstić information content (AvgIpc) is 2.97. The molecular formula is C18H26N2O3. The third kappa shape index (κ3) is 4.79. The van der Waals surface area contributed by atoms with Crippen LogP contribution >= 0.6 is 0 Å². The van der Waals surface area contributed by atoms with Crippen LogP contribution in [0.15, 0.2) is 18.2 Å². The van der Waals surface area contributed by atoms with Crippen LogP contribution in [-0.2, 0) is 14.3 Å². The number of hydrogen-bond acceptors (Lipinski definition) is 4. The zero-order valence-electron chi connectivity index (χ0n) is 14.2. The molecule has 1 amide bonds. The fourth-order valence-electron chi connectivity index (χ4n) is 3.01. The number of nitrogens with one attached hydrogen (secondary N) is 1. The minimum Gasteiger partial charge on any atom is -0.469 e. The first-order chi connectivity index (χ1) is 11.0. The van der Waals surface area contributed by atoms with Gasteiger partial charge >= 0.3 is 5.97 Å². The second kappa shape index (κ2) is 8.11. The van der Waals surface area contributed by atoms with Gasteiger partial charge in [-0.2, -0.15) is 0 Å². The lowest BCUT2D eigenvalue weighted by atomic mass is 9.99. The Kier molecular flexibility index (Phi) is 6.16. The Hall–Kier alpha value is -1.88. The van der Waals surface area contributed by atoms with E-state index in [4.69, 9.17) is 0 Å². The Balaban J connectivity index is 1.89. The van der Waals surface area contributed by atoms with E-state index in [1.54, 1.807) is 0 Å². The molecule has 1 atom stereocenters. The molecule has 2 rings (SSSR count). The normalized spacial score (nSPS) is 18.0. The Labute approximate surface area is 138 Å². The number of carbonyl (C=O) groups is 2. The maximum atomic E-state index is 12.1. The molecule has 0 bridgehead atoms. The molecule has 0 spiro atoms. The average molecular weight is 318 g/mol. The van der Waals surface area contributed by atoms with Crippen LogP contribution in [0.2, 0.25) is 0 Å². The lowest BCUT2D eigenvalue weighted by molar-refractivity contribution is -0.140. The molecule has 1 aliphatic rings. The lowest BCUT2D eigenvalue weighted by Gasteiger charge is -2.24. The zero-order chi connectivity index (χ0) is 16.8. The van der Waals surface area contributed by atoms with Gasteiger partial charge in [0, 0.05) is 12.6 Å². The number of aryl methyl sites for hydroxylation is 2. The van der Waals surface area contributed by atoms with E-state index in [1.807, 2.05) is 0 Å². The van der Waals surface area contributed by atoms with E-state index < -0.39 is 0 Å². The summed E-state index contributed by atoms with van der Waals surface area (Å²) in [6.07, 6.45) is 2.40. The van der Waals surface area contributed by atoms with Crippen molar-refractivity contribution in [3.8, 4) is 0 Å². The van der Waals surface area contributed by atoms with Crippen LogP contribution in [0.1, 0.15) is 42.0 Å². The number of carbonyl (C=O) groups excluding carboxylic acids is 2. The van der Waals surface area contributed by atoms with Crippen molar-refractivity contribution in [3.05, 3.63) is 34.9 Å². The lowest BCUT2D eigenvalue weighted by Crippen LogP contribution is -2.37. The van der Waals surface area contributed by atoms with Gasteiger partial charge < -0.3 is 10.1 Å². The van der Waals surface area contributed by atoms with Crippen molar-refractivity contribution in [1.29, 1.82) is 0 Å².